The summed E-state index contributed by atoms with van der Waals surface area (Å²) in [6.07, 6.45) is 2.57. The first-order chi connectivity index (χ1) is 13.0. The SMILES string of the molecule is COc1cccc(C2(O)CC3CN(CCc4ccc(Cl)cc4Cl)CC3C2)c1. The van der Waals surface area contributed by atoms with Gasteiger partial charge in [0.2, 0.25) is 0 Å². The summed E-state index contributed by atoms with van der Waals surface area (Å²) in [5.41, 5.74) is 1.40. The van der Waals surface area contributed by atoms with Crippen molar-refractivity contribution in [3.63, 3.8) is 0 Å². The van der Waals surface area contributed by atoms with Crippen molar-refractivity contribution in [1.29, 1.82) is 0 Å². The minimum absolute atomic E-state index is 0.543. The van der Waals surface area contributed by atoms with E-state index in [9.17, 15) is 5.11 Å². The van der Waals surface area contributed by atoms with Gasteiger partial charge in [-0.15, -0.1) is 0 Å². The van der Waals surface area contributed by atoms with Crippen LogP contribution in [0.3, 0.4) is 0 Å². The second-order valence-corrected chi connectivity index (χ2v) is 8.78. The largest absolute Gasteiger partial charge is 0.497 e. The lowest BCUT2D eigenvalue weighted by Crippen LogP contribution is -2.29. The van der Waals surface area contributed by atoms with Crippen molar-refractivity contribution in [1.82, 2.24) is 4.90 Å². The van der Waals surface area contributed by atoms with Gasteiger partial charge in [0.15, 0.2) is 0 Å². The third kappa shape index (κ3) is 3.97. The number of rotatable bonds is 5. The van der Waals surface area contributed by atoms with Crippen LogP contribution in [0.1, 0.15) is 24.0 Å². The van der Waals surface area contributed by atoms with Crippen LogP contribution >= 0.6 is 23.2 Å². The predicted molar refractivity (Wildman–Crippen MR) is 110 cm³/mol. The van der Waals surface area contributed by atoms with Gasteiger partial charge in [0.25, 0.3) is 0 Å². The summed E-state index contributed by atoms with van der Waals surface area (Å²) in [4.78, 5) is 2.51. The summed E-state index contributed by atoms with van der Waals surface area (Å²) in [6.45, 7) is 3.08. The maximum absolute atomic E-state index is 11.2. The second-order valence-electron chi connectivity index (χ2n) is 7.94. The number of likely N-dealkylation sites (tertiary alicyclic amines) is 1. The van der Waals surface area contributed by atoms with Gasteiger partial charge in [0.05, 0.1) is 12.7 Å². The fraction of sp³-hybridized carbons (Fsp3) is 0.455. The minimum Gasteiger partial charge on any atom is -0.497 e. The molecule has 2 aliphatic rings. The van der Waals surface area contributed by atoms with Crippen LogP contribution in [0.5, 0.6) is 5.75 Å². The summed E-state index contributed by atoms with van der Waals surface area (Å²) in [6, 6.07) is 13.6. The number of halogens is 2. The van der Waals surface area contributed by atoms with Gasteiger partial charge in [-0.25, -0.2) is 0 Å². The molecule has 3 nitrogen and oxygen atoms in total. The van der Waals surface area contributed by atoms with E-state index < -0.39 is 5.60 Å². The molecular formula is C22H25Cl2NO2. The molecule has 1 aliphatic heterocycles. The molecular weight excluding hydrogens is 381 g/mol. The van der Waals surface area contributed by atoms with Crippen molar-refractivity contribution in [2.24, 2.45) is 11.8 Å². The number of nitrogens with zero attached hydrogens (tertiary/aromatic N) is 1. The highest BCUT2D eigenvalue weighted by atomic mass is 35.5. The molecule has 2 unspecified atom stereocenters. The van der Waals surface area contributed by atoms with Gasteiger partial charge in [-0.05, 0) is 66.5 Å². The van der Waals surface area contributed by atoms with Crippen LogP contribution in [0.2, 0.25) is 10.0 Å². The molecule has 1 saturated heterocycles. The fourth-order valence-corrected chi connectivity index (χ4v) is 5.29. The summed E-state index contributed by atoms with van der Waals surface area (Å²) < 4.78 is 5.32. The first kappa shape index (κ1) is 19.1. The second kappa shape index (κ2) is 7.63. The standard InChI is InChI=1S/C22H25Cl2NO2/c1-27-20-4-2-3-18(9-20)22(26)11-16-13-25(14-17(16)12-22)8-7-15-5-6-19(23)10-21(15)24/h2-6,9-10,16-17,26H,7-8,11-14H2,1H3. The lowest BCUT2D eigenvalue weighted by atomic mass is 9.90. The molecule has 2 fully saturated rings. The molecule has 1 saturated carbocycles. The number of hydrogen-bond donors (Lipinski definition) is 1. The van der Waals surface area contributed by atoms with E-state index in [1.54, 1.807) is 7.11 Å². The number of methoxy groups -OCH3 is 1. The number of ether oxygens (including phenoxy) is 1. The van der Waals surface area contributed by atoms with Crippen molar-refractivity contribution in [3.8, 4) is 5.75 Å². The summed E-state index contributed by atoms with van der Waals surface area (Å²) in [5, 5.41) is 12.7. The van der Waals surface area contributed by atoms with Gasteiger partial charge in [-0.2, -0.15) is 0 Å². The highest BCUT2D eigenvalue weighted by Gasteiger charge is 2.48. The molecule has 1 aliphatic carbocycles. The van der Waals surface area contributed by atoms with Crippen molar-refractivity contribution >= 4 is 23.2 Å². The van der Waals surface area contributed by atoms with Gasteiger partial charge in [0.1, 0.15) is 5.75 Å². The molecule has 0 aromatic heterocycles. The third-order valence-corrected chi connectivity index (χ3v) is 6.76. The highest BCUT2D eigenvalue weighted by molar-refractivity contribution is 6.35. The lowest BCUT2D eigenvalue weighted by molar-refractivity contribution is 0.0312. The van der Waals surface area contributed by atoms with Crippen LogP contribution in [0.4, 0.5) is 0 Å². The molecule has 0 amide bonds. The van der Waals surface area contributed by atoms with Crippen LogP contribution in [-0.2, 0) is 12.0 Å². The Bertz CT molecular complexity index is 812. The fourth-order valence-electron chi connectivity index (χ4n) is 4.78. The van der Waals surface area contributed by atoms with Gasteiger partial charge >= 0.3 is 0 Å². The van der Waals surface area contributed by atoms with E-state index >= 15 is 0 Å². The maximum atomic E-state index is 11.2. The van der Waals surface area contributed by atoms with E-state index in [-0.39, 0.29) is 0 Å². The Labute approximate surface area is 170 Å². The molecule has 1 N–H and O–H groups in total. The molecule has 144 valence electrons. The Hall–Kier alpha value is -1.26. The number of hydrogen-bond acceptors (Lipinski definition) is 3. The van der Waals surface area contributed by atoms with Crippen LogP contribution in [-0.4, -0.2) is 36.8 Å². The molecule has 2 aromatic rings. The molecule has 2 aromatic carbocycles. The van der Waals surface area contributed by atoms with E-state index in [4.69, 9.17) is 27.9 Å². The Morgan fingerprint density at radius 1 is 1.11 bits per heavy atom. The van der Waals surface area contributed by atoms with Crippen LogP contribution in [0, 0.1) is 11.8 Å². The van der Waals surface area contributed by atoms with Gasteiger partial charge < -0.3 is 14.7 Å². The maximum Gasteiger partial charge on any atom is 0.119 e. The Morgan fingerprint density at radius 3 is 2.52 bits per heavy atom. The van der Waals surface area contributed by atoms with E-state index in [0.29, 0.717) is 16.9 Å². The predicted octanol–water partition coefficient (Wildman–Crippen LogP) is 4.77. The van der Waals surface area contributed by atoms with Crippen molar-refractivity contribution in [3.05, 3.63) is 63.6 Å². The number of fused-ring (bicyclic) bond motifs is 1. The molecule has 0 bridgehead atoms. The average molecular weight is 406 g/mol. The molecule has 2 atom stereocenters. The molecule has 5 heteroatoms. The van der Waals surface area contributed by atoms with Gasteiger partial charge in [-0.1, -0.05) is 41.4 Å². The summed E-state index contributed by atoms with van der Waals surface area (Å²) in [7, 11) is 1.66. The number of benzene rings is 2. The molecule has 0 radical (unpaired) electrons. The Morgan fingerprint density at radius 2 is 1.85 bits per heavy atom. The third-order valence-electron chi connectivity index (χ3n) is 6.17. The van der Waals surface area contributed by atoms with E-state index in [0.717, 1.165) is 60.8 Å². The first-order valence-corrected chi connectivity index (χ1v) is 10.3. The smallest absolute Gasteiger partial charge is 0.119 e. The lowest BCUT2D eigenvalue weighted by Gasteiger charge is -2.27. The average Bonchev–Trinajstić information content (AvgIpc) is 3.16. The van der Waals surface area contributed by atoms with Gasteiger partial charge in [-0.3, -0.25) is 0 Å². The molecule has 1 heterocycles. The molecule has 27 heavy (non-hydrogen) atoms. The molecule has 0 spiro atoms. The van der Waals surface area contributed by atoms with Crippen LogP contribution < -0.4 is 4.74 Å². The van der Waals surface area contributed by atoms with Crippen molar-refractivity contribution in [2.75, 3.05) is 26.7 Å². The van der Waals surface area contributed by atoms with Crippen molar-refractivity contribution < 1.29 is 9.84 Å². The van der Waals surface area contributed by atoms with Gasteiger partial charge in [0, 0.05) is 29.7 Å². The summed E-state index contributed by atoms with van der Waals surface area (Å²) >= 11 is 12.3. The van der Waals surface area contributed by atoms with E-state index in [1.165, 1.54) is 0 Å². The Kier molecular flexibility index (Phi) is 5.39. The topological polar surface area (TPSA) is 32.7 Å². The molecule has 4 rings (SSSR count). The quantitative estimate of drug-likeness (QED) is 0.776. The zero-order valence-corrected chi connectivity index (χ0v) is 17.0. The minimum atomic E-state index is -0.727. The highest BCUT2D eigenvalue weighted by Crippen LogP contribution is 2.49. The van der Waals surface area contributed by atoms with E-state index in [1.807, 2.05) is 42.5 Å². The Balaban J connectivity index is 1.36. The normalized spacial score (nSPS) is 27.7. The van der Waals surface area contributed by atoms with Crippen LogP contribution in [0.15, 0.2) is 42.5 Å². The van der Waals surface area contributed by atoms with E-state index in [2.05, 4.69) is 4.90 Å². The monoisotopic (exact) mass is 405 g/mol. The zero-order chi connectivity index (χ0) is 19.0. The van der Waals surface area contributed by atoms with Crippen LogP contribution in [0.25, 0.3) is 0 Å². The zero-order valence-electron chi connectivity index (χ0n) is 15.5. The number of aliphatic hydroxyl groups is 1. The first-order valence-electron chi connectivity index (χ1n) is 9.50. The van der Waals surface area contributed by atoms with Crippen molar-refractivity contribution in [2.45, 2.75) is 24.9 Å². The summed E-state index contributed by atoms with van der Waals surface area (Å²) in [5.74, 6) is 1.89.